The quantitative estimate of drug-likeness (QED) is 0.589. The zero-order valence-corrected chi connectivity index (χ0v) is 18.7. The topological polar surface area (TPSA) is 83.1 Å². The second-order valence-corrected chi connectivity index (χ2v) is 9.38. The molecule has 1 heterocycles. The van der Waals surface area contributed by atoms with Crippen molar-refractivity contribution in [2.24, 2.45) is 11.8 Å². The lowest BCUT2D eigenvalue weighted by molar-refractivity contribution is -0.126. The third-order valence-electron chi connectivity index (χ3n) is 7.29. The van der Waals surface area contributed by atoms with Crippen molar-refractivity contribution in [3.63, 3.8) is 0 Å². The number of halogens is 1. The monoisotopic (exact) mass is 440 g/mol. The highest BCUT2D eigenvalue weighted by Gasteiger charge is 2.28. The SMILES string of the molecule is C[C@@H](NC(=O)NNC(=O)C1CCCCC1)C1CCC(c2ccnc3ccc(F)cc23)CC1. The molecule has 4 rings (SSSR count). The molecule has 0 spiro atoms. The summed E-state index contributed by atoms with van der Waals surface area (Å²) in [5, 5.41) is 3.87. The van der Waals surface area contributed by atoms with Gasteiger partial charge in [0, 0.05) is 23.5 Å². The van der Waals surface area contributed by atoms with Gasteiger partial charge in [-0.15, -0.1) is 0 Å². The number of hydrogen-bond acceptors (Lipinski definition) is 3. The van der Waals surface area contributed by atoms with E-state index in [4.69, 9.17) is 0 Å². The first-order valence-electron chi connectivity index (χ1n) is 11.9. The maximum Gasteiger partial charge on any atom is 0.333 e. The van der Waals surface area contributed by atoms with E-state index in [2.05, 4.69) is 21.2 Å². The second-order valence-electron chi connectivity index (χ2n) is 9.38. The Kier molecular flexibility index (Phi) is 7.22. The van der Waals surface area contributed by atoms with Crippen LogP contribution in [-0.2, 0) is 4.79 Å². The summed E-state index contributed by atoms with van der Waals surface area (Å²) in [5.74, 6) is 0.425. The summed E-state index contributed by atoms with van der Waals surface area (Å²) in [6.07, 6.45) is 10.9. The van der Waals surface area contributed by atoms with E-state index in [9.17, 15) is 14.0 Å². The van der Waals surface area contributed by atoms with Gasteiger partial charge in [0.25, 0.3) is 0 Å². The Morgan fingerprint density at radius 2 is 1.75 bits per heavy atom. The van der Waals surface area contributed by atoms with Crippen LogP contribution in [0, 0.1) is 17.7 Å². The van der Waals surface area contributed by atoms with E-state index in [-0.39, 0.29) is 29.7 Å². The van der Waals surface area contributed by atoms with E-state index in [1.165, 1.54) is 12.5 Å². The molecule has 0 unspecified atom stereocenters. The van der Waals surface area contributed by atoms with Crippen molar-refractivity contribution in [3.05, 3.63) is 41.8 Å². The highest BCUT2D eigenvalue weighted by Crippen LogP contribution is 2.39. The van der Waals surface area contributed by atoms with Gasteiger partial charge < -0.3 is 5.32 Å². The van der Waals surface area contributed by atoms with Crippen LogP contribution in [0.25, 0.3) is 10.9 Å². The average molecular weight is 441 g/mol. The van der Waals surface area contributed by atoms with E-state index >= 15 is 0 Å². The summed E-state index contributed by atoms with van der Waals surface area (Å²) in [6.45, 7) is 2.02. The highest BCUT2D eigenvalue weighted by atomic mass is 19.1. The van der Waals surface area contributed by atoms with E-state index < -0.39 is 0 Å². The second kappa shape index (κ2) is 10.3. The van der Waals surface area contributed by atoms with Crippen molar-refractivity contribution in [3.8, 4) is 0 Å². The Bertz CT molecular complexity index is 952. The summed E-state index contributed by atoms with van der Waals surface area (Å²) in [4.78, 5) is 28.8. The fourth-order valence-electron chi connectivity index (χ4n) is 5.37. The summed E-state index contributed by atoms with van der Waals surface area (Å²) in [6, 6.07) is 6.42. The molecule has 3 amide bonds. The van der Waals surface area contributed by atoms with Gasteiger partial charge in [0.2, 0.25) is 5.91 Å². The molecule has 7 heteroatoms. The summed E-state index contributed by atoms with van der Waals surface area (Å²) in [5.41, 5.74) is 7.08. The van der Waals surface area contributed by atoms with Crippen LogP contribution in [0.5, 0.6) is 0 Å². The zero-order valence-electron chi connectivity index (χ0n) is 18.7. The lowest BCUT2D eigenvalue weighted by Gasteiger charge is -2.33. The first-order chi connectivity index (χ1) is 15.5. The standard InChI is InChI=1S/C25H33FN4O2/c1-16(28-25(32)30-29-24(31)19-5-3-2-4-6-19)17-7-9-18(10-8-17)21-13-14-27-23-12-11-20(26)15-22(21)23/h11-19H,2-10H2,1H3,(H,29,31)(H2,28,30,32)/t16-,17?,18?/m1/s1. The summed E-state index contributed by atoms with van der Waals surface area (Å²) < 4.78 is 13.8. The summed E-state index contributed by atoms with van der Waals surface area (Å²) >= 11 is 0. The molecular formula is C25H33FN4O2. The van der Waals surface area contributed by atoms with Crippen molar-refractivity contribution in [1.29, 1.82) is 0 Å². The maximum absolute atomic E-state index is 13.8. The Hall–Kier alpha value is -2.70. The molecule has 32 heavy (non-hydrogen) atoms. The van der Waals surface area contributed by atoms with Crippen LogP contribution in [0.1, 0.15) is 76.2 Å². The van der Waals surface area contributed by atoms with Crippen LogP contribution in [-0.4, -0.2) is 23.0 Å². The molecule has 6 nitrogen and oxygen atoms in total. The number of fused-ring (bicyclic) bond motifs is 1. The van der Waals surface area contributed by atoms with E-state index in [1.54, 1.807) is 18.3 Å². The van der Waals surface area contributed by atoms with Gasteiger partial charge in [-0.25, -0.2) is 14.6 Å². The van der Waals surface area contributed by atoms with Crippen molar-refractivity contribution < 1.29 is 14.0 Å². The molecule has 3 N–H and O–H groups in total. The number of carbonyl (C=O) groups excluding carboxylic acids is 2. The van der Waals surface area contributed by atoms with Gasteiger partial charge in [0.15, 0.2) is 0 Å². The molecule has 1 atom stereocenters. The minimum absolute atomic E-state index is 0.00848. The van der Waals surface area contributed by atoms with Gasteiger partial charge >= 0.3 is 6.03 Å². The normalized spacial score (nSPS) is 22.8. The third kappa shape index (κ3) is 5.37. The van der Waals surface area contributed by atoms with Gasteiger partial charge in [-0.2, -0.15) is 0 Å². The predicted molar refractivity (Wildman–Crippen MR) is 122 cm³/mol. The number of hydrazine groups is 1. The molecule has 1 aromatic carbocycles. The lowest BCUT2D eigenvalue weighted by Crippen LogP contribution is -2.52. The molecule has 0 aliphatic heterocycles. The fraction of sp³-hybridized carbons (Fsp3) is 0.560. The van der Waals surface area contributed by atoms with E-state index in [1.807, 2.05) is 13.0 Å². The van der Waals surface area contributed by atoms with Crippen LogP contribution < -0.4 is 16.2 Å². The highest BCUT2D eigenvalue weighted by molar-refractivity contribution is 5.83. The lowest BCUT2D eigenvalue weighted by atomic mass is 9.75. The van der Waals surface area contributed by atoms with E-state index in [0.29, 0.717) is 11.8 Å². The molecule has 0 radical (unpaired) electrons. The van der Waals surface area contributed by atoms with Gasteiger partial charge in [0.1, 0.15) is 5.82 Å². The zero-order chi connectivity index (χ0) is 22.5. The number of aromatic nitrogens is 1. The van der Waals surface area contributed by atoms with Crippen LogP contribution in [0.2, 0.25) is 0 Å². The molecule has 0 bridgehead atoms. The van der Waals surface area contributed by atoms with E-state index in [0.717, 1.165) is 67.8 Å². The number of nitrogens with one attached hydrogen (secondary N) is 3. The minimum atomic E-state index is -0.362. The minimum Gasteiger partial charge on any atom is -0.334 e. The van der Waals surface area contributed by atoms with Crippen LogP contribution in [0.4, 0.5) is 9.18 Å². The number of hydrogen-bond donors (Lipinski definition) is 3. The van der Waals surface area contributed by atoms with Gasteiger partial charge in [-0.3, -0.25) is 15.2 Å². The third-order valence-corrected chi connectivity index (χ3v) is 7.29. The average Bonchev–Trinajstić information content (AvgIpc) is 2.82. The Morgan fingerprint density at radius 3 is 2.50 bits per heavy atom. The molecule has 2 aromatic rings. The first-order valence-corrected chi connectivity index (χ1v) is 11.9. The van der Waals surface area contributed by atoms with Gasteiger partial charge in [-0.05, 0) is 87.1 Å². The Balaban J connectivity index is 1.25. The van der Waals surface area contributed by atoms with Crippen LogP contribution in [0.3, 0.4) is 0 Å². The first kappa shape index (κ1) is 22.5. The number of pyridine rings is 1. The van der Waals surface area contributed by atoms with Gasteiger partial charge in [-0.1, -0.05) is 19.3 Å². The number of benzene rings is 1. The largest absolute Gasteiger partial charge is 0.334 e. The summed E-state index contributed by atoms with van der Waals surface area (Å²) in [7, 11) is 0. The molecule has 2 fully saturated rings. The molecule has 0 saturated heterocycles. The fourth-order valence-corrected chi connectivity index (χ4v) is 5.37. The van der Waals surface area contributed by atoms with Crippen LogP contribution in [0.15, 0.2) is 30.5 Å². The van der Waals surface area contributed by atoms with Crippen molar-refractivity contribution in [2.45, 2.75) is 76.7 Å². The Morgan fingerprint density at radius 1 is 1.00 bits per heavy atom. The smallest absolute Gasteiger partial charge is 0.333 e. The molecule has 172 valence electrons. The molecule has 2 aliphatic rings. The van der Waals surface area contributed by atoms with Crippen LogP contribution >= 0.6 is 0 Å². The van der Waals surface area contributed by atoms with Crippen molar-refractivity contribution >= 4 is 22.8 Å². The number of amides is 3. The molecule has 1 aromatic heterocycles. The molecular weight excluding hydrogens is 407 g/mol. The molecule has 2 aliphatic carbocycles. The van der Waals surface area contributed by atoms with Gasteiger partial charge in [0.05, 0.1) is 5.52 Å². The number of urea groups is 1. The van der Waals surface area contributed by atoms with Crippen molar-refractivity contribution in [1.82, 2.24) is 21.2 Å². The predicted octanol–water partition coefficient (Wildman–Crippen LogP) is 4.95. The number of rotatable bonds is 4. The Labute approximate surface area is 188 Å². The van der Waals surface area contributed by atoms with Crippen molar-refractivity contribution in [2.75, 3.05) is 0 Å². The number of nitrogens with zero attached hydrogens (tertiary/aromatic N) is 1. The molecule has 2 saturated carbocycles. The number of carbonyl (C=O) groups is 2. The maximum atomic E-state index is 13.8.